The van der Waals surface area contributed by atoms with Crippen molar-refractivity contribution >= 4 is 49.9 Å². The molecular weight excluding hydrogens is 364 g/mol. The lowest BCUT2D eigenvalue weighted by Gasteiger charge is -2.05. The third-order valence-electron chi connectivity index (χ3n) is 2.14. The van der Waals surface area contributed by atoms with Gasteiger partial charge in [0.2, 0.25) is 0 Å². The molecule has 2 aromatic carbocycles. The molecule has 0 unspecified atom stereocenters. The van der Waals surface area contributed by atoms with Crippen LogP contribution in [-0.2, 0) is 0 Å². The fraction of sp³-hybridized carbons (Fsp3) is 0. The summed E-state index contributed by atoms with van der Waals surface area (Å²) in [6.07, 6.45) is 0.881. The van der Waals surface area contributed by atoms with Gasteiger partial charge >= 0.3 is 0 Å². The number of halogens is 2. The van der Waals surface area contributed by atoms with Gasteiger partial charge in [-0.2, -0.15) is 0 Å². The number of carbonyl (C=O) groups is 1. The second kappa shape index (κ2) is 5.85. The molecule has 86 valence electrons. The lowest BCUT2D eigenvalue weighted by molar-refractivity contribution is 0.112. The van der Waals surface area contributed by atoms with Crippen molar-refractivity contribution in [3.05, 3.63) is 57.0 Å². The molecule has 0 atom stereocenters. The topological polar surface area (TPSA) is 17.1 Å². The number of carbonyl (C=O) groups excluding carboxylic acids is 1. The minimum atomic E-state index is 0.701. The molecule has 0 aliphatic carbocycles. The molecular formula is C13H8Br2OS. The van der Waals surface area contributed by atoms with E-state index in [4.69, 9.17) is 0 Å². The van der Waals surface area contributed by atoms with Crippen LogP contribution in [0.3, 0.4) is 0 Å². The maximum absolute atomic E-state index is 11.0. The molecule has 0 saturated carbocycles. The molecule has 0 spiro atoms. The average molecular weight is 372 g/mol. The van der Waals surface area contributed by atoms with Crippen LogP contribution in [0.2, 0.25) is 0 Å². The van der Waals surface area contributed by atoms with E-state index in [0.717, 1.165) is 25.0 Å². The molecule has 0 fully saturated rings. The number of benzene rings is 2. The van der Waals surface area contributed by atoms with E-state index in [1.54, 1.807) is 11.8 Å². The van der Waals surface area contributed by atoms with Crippen LogP contribution < -0.4 is 0 Å². The van der Waals surface area contributed by atoms with E-state index >= 15 is 0 Å². The van der Waals surface area contributed by atoms with Gasteiger partial charge in [0.1, 0.15) is 0 Å². The van der Waals surface area contributed by atoms with Gasteiger partial charge in [-0.1, -0.05) is 43.6 Å². The highest BCUT2D eigenvalue weighted by Crippen LogP contribution is 2.31. The maximum atomic E-state index is 11.0. The highest BCUT2D eigenvalue weighted by molar-refractivity contribution is 9.10. The first-order valence-corrected chi connectivity index (χ1v) is 7.27. The molecule has 0 aliphatic heterocycles. The smallest absolute Gasteiger partial charge is 0.151 e. The van der Waals surface area contributed by atoms with Gasteiger partial charge < -0.3 is 0 Å². The lowest BCUT2D eigenvalue weighted by atomic mass is 10.2. The number of hydrogen-bond acceptors (Lipinski definition) is 2. The Labute approximate surface area is 121 Å². The molecule has 0 saturated heterocycles. The van der Waals surface area contributed by atoms with Crippen LogP contribution in [0.25, 0.3) is 0 Å². The first kappa shape index (κ1) is 12.9. The Morgan fingerprint density at radius 2 is 1.59 bits per heavy atom. The van der Waals surface area contributed by atoms with E-state index in [1.165, 1.54) is 0 Å². The van der Waals surface area contributed by atoms with E-state index in [-0.39, 0.29) is 0 Å². The van der Waals surface area contributed by atoms with Crippen molar-refractivity contribution in [2.45, 2.75) is 9.79 Å². The summed E-state index contributed by atoms with van der Waals surface area (Å²) in [7, 11) is 0. The number of hydrogen-bond donors (Lipinski definition) is 0. The highest BCUT2D eigenvalue weighted by Gasteiger charge is 2.04. The van der Waals surface area contributed by atoms with Crippen molar-refractivity contribution in [1.29, 1.82) is 0 Å². The molecule has 0 aromatic heterocycles. The van der Waals surface area contributed by atoms with Crippen LogP contribution in [0, 0.1) is 0 Å². The van der Waals surface area contributed by atoms with Crippen LogP contribution in [0.15, 0.2) is 61.2 Å². The quantitative estimate of drug-likeness (QED) is 0.692. The summed E-state index contributed by atoms with van der Waals surface area (Å²) in [6, 6.07) is 13.7. The molecule has 0 radical (unpaired) electrons. The van der Waals surface area contributed by atoms with E-state index in [9.17, 15) is 4.79 Å². The third kappa shape index (κ3) is 3.44. The summed E-state index contributed by atoms with van der Waals surface area (Å²) in [6.45, 7) is 0. The Hall–Kier alpha value is -0.580. The van der Waals surface area contributed by atoms with E-state index in [2.05, 4.69) is 31.9 Å². The minimum Gasteiger partial charge on any atom is -0.298 e. The molecule has 0 aliphatic rings. The molecule has 2 rings (SSSR count). The van der Waals surface area contributed by atoms with E-state index in [0.29, 0.717) is 5.56 Å². The molecule has 0 N–H and O–H groups in total. The third-order valence-corrected chi connectivity index (χ3v) is 4.26. The zero-order valence-corrected chi connectivity index (χ0v) is 12.7. The van der Waals surface area contributed by atoms with Gasteiger partial charge in [0.15, 0.2) is 6.29 Å². The summed E-state index contributed by atoms with van der Waals surface area (Å²) >= 11 is 8.34. The zero-order chi connectivity index (χ0) is 12.3. The van der Waals surface area contributed by atoms with Crippen LogP contribution in [-0.4, -0.2) is 6.29 Å². The van der Waals surface area contributed by atoms with Gasteiger partial charge in [-0.05, 0) is 42.5 Å². The largest absolute Gasteiger partial charge is 0.298 e. The predicted octanol–water partition coefficient (Wildman–Crippen LogP) is 5.18. The first-order chi connectivity index (χ1) is 8.19. The minimum absolute atomic E-state index is 0.701. The number of aldehydes is 1. The van der Waals surface area contributed by atoms with Crippen molar-refractivity contribution in [1.82, 2.24) is 0 Å². The molecule has 0 amide bonds. The van der Waals surface area contributed by atoms with Gasteiger partial charge in [0.25, 0.3) is 0 Å². The van der Waals surface area contributed by atoms with Crippen molar-refractivity contribution in [2.24, 2.45) is 0 Å². The number of rotatable bonds is 3. The molecule has 1 nitrogen and oxygen atoms in total. The molecule has 17 heavy (non-hydrogen) atoms. The first-order valence-electron chi connectivity index (χ1n) is 4.87. The Morgan fingerprint density at radius 1 is 0.941 bits per heavy atom. The Bertz CT molecular complexity index is 538. The van der Waals surface area contributed by atoms with E-state index < -0.39 is 0 Å². The summed E-state index contributed by atoms with van der Waals surface area (Å²) in [5.74, 6) is 0. The Kier molecular flexibility index (Phi) is 4.42. The summed E-state index contributed by atoms with van der Waals surface area (Å²) in [5.41, 5.74) is 0.701. The van der Waals surface area contributed by atoms with Crippen molar-refractivity contribution in [3.63, 3.8) is 0 Å². The van der Waals surface area contributed by atoms with Gasteiger partial charge in [-0.25, -0.2) is 0 Å². The van der Waals surface area contributed by atoms with Crippen molar-refractivity contribution in [3.8, 4) is 0 Å². The monoisotopic (exact) mass is 370 g/mol. The summed E-state index contributed by atoms with van der Waals surface area (Å²) < 4.78 is 1.97. The predicted molar refractivity (Wildman–Crippen MR) is 77.8 cm³/mol. The van der Waals surface area contributed by atoms with Crippen molar-refractivity contribution in [2.75, 3.05) is 0 Å². The van der Waals surface area contributed by atoms with E-state index in [1.807, 2.05) is 42.5 Å². The van der Waals surface area contributed by atoms with Gasteiger partial charge in [0.05, 0.1) is 0 Å². The summed E-state index contributed by atoms with van der Waals surface area (Å²) in [4.78, 5) is 13.1. The molecule has 2 aromatic rings. The van der Waals surface area contributed by atoms with Crippen LogP contribution in [0.5, 0.6) is 0 Å². The normalized spacial score (nSPS) is 10.2. The molecule has 0 heterocycles. The second-order valence-corrected chi connectivity index (χ2v) is 6.30. The molecule has 4 heteroatoms. The van der Waals surface area contributed by atoms with Crippen molar-refractivity contribution < 1.29 is 4.79 Å². The average Bonchev–Trinajstić information content (AvgIpc) is 2.34. The highest BCUT2D eigenvalue weighted by atomic mass is 79.9. The lowest BCUT2D eigenvalue weighted by Crippen LogP contribution is -1.85. The Morgan fingerprint density at radius 3 is 2.24 bits per heavy atom. The second-order valence-electron chi connectivity index (χ2n) is 3.36. The summed E-state index contributed by atoms with van der Waals surface area (Å²) in [5, 5.41) is 0. The standard InChI is InChI=1S/C13H8Br2OS/c14-10-1-4-12(5-2-10)17-13-6-3-11(15)7-9(13)8-16/h1-8H. The Balaban J connectivity index is 2.29. The fourth-order valence-corrected chi connectivity index (χ4v) is 2.86. The van der Waals surface area contributed by atoms with Gasteiger partial charge in [0, 0.05) is 24.3 Å². The van der Waals surface area contributed by atoms with Gasteiger partial charge in [-0.15, -0.1) is 0 Å². The molecule has 0 bridgehead atoms. The SMILES string of the molecule is O=Cc1cc(Br)ccc1Sc1ccc(Br)cc1. The van der Waals surface area contributed by atoms with Crippen LogP contribution in [0.4, 0.5) is 0 Å². The maximum Gasteiger partial charge on any atom is 0.151 e. The van der Waals surface area contributed by atoms with Gasteiger partial charge in [-0.3, -0.25) is 4.79 Å². The van der Waals surface area contributed by atoms with Crippen LogP contribution in [0.1, 0.15) is 10.4 Å². The fourth-order valence-electron chi connectivity index (χ4n) is 1.33. The van der Waals surface area contributed by atoms with Crippen LogP contribution >= 0.6 is 43.6 Å². The zero-order valence-electron chi connectivity index (χ0n) is 8.69.